The molecule has 0 saturated heterocycles. The first-order valence-electron chi connectivity index (χ1n) is 5.67. The van der Waals surface area contributed by atoms with Crippen molar-refractivity contribution in [2.45, 2.75) is 13.5 Å². The van der Waals surface area contributed by atoms with Gasteiger partial charge in [-0.1, -0.05) is 6.07 Å². The monoisotopic (exact) mass is 262 g/mol. The van der Waals surface area contributed by atoms with E-state index in [0.29, 0.717) is 18.2 Å². The number of aryl methyl sites for hydroxylation is 2. The van der Waals surface area contributed by atoms with Crippen LogP contribution in [-0.2, 0) is 13.6 Å². The summed E-state index contributed by atoms with van der Waals surface area (Å²) in [7, 11) is 1.73. The topological polar surface area (TPSA) is 96.2 Å². The summed E-state index contributed by atoms with van der Waals surface area (Å²) >= 11 is 0. The highest BCUT2D eigenvalue weighted by Crippen LogP contribution is 2.28. The molecule has 0 aliphatic carbocycles. The van der Waals surface area contributed by atoms with Crippen LogP contribution in [0.5, 0.6) is 11.6 Å². The van der Waals surface area contributed by atoms with Crippen molar-refractivity contribution < 1.29 is 9.66 Å². The van der Waals surface area contributed by atoms with Crippen LogP contribution in [0.4, 0.5) is 5.69 Å². The lowest BCUT2D eigenvalue weighted by atomic mass is 10.2. The van der Waals surface area contributed by atoms with Gasteiger partial charge in [0.05, 0.1) is 22.2 Å². The molecule has 0 bridgehead atoms. The molecule has 7 nitrogen and oxygen atoms in total. The molecule has 100 valence electrons. The number of hydrogen-bond donors (Lipinski definition) is 1. The first-order chi connectivity index (χ1) is 9.02. The Kier molecular flexibility index (Phi) is 3.48. The number of nitrogens with zero attached hydrogens (tertiary/aromatic N) is 3. The molecule has 0 saturated carbocycles. The number of benzene rings is 1. The summed E-state index contributed by atoms with van der Waals surface area (Å²) in [4.78, 5) is 10.2. The van der Waals surface area contributed by atoms with Crippen LogP contribution >= 0.6 is 0 Å². The minimum Gasteiger partial charge on any atom is -0.439 e. The van der Waals surface area contributed by atoms with Gasteiger partial charge in [0, 0.05) is 19.7 Å². The Bertz CT molecular complexity index is 621. The summed E-state index contributed by atoms with van der Waals surface area (Å²) in [5.41, 5.74) is 7.20. The quantitative estimate of drug-likeness (QED) is 0.670. The maximum Gasteiger partial charge on any atom is 0.273 e. The van der Waals surface area contributed by atoms with E-state index in [0.717, 1.165) is 11.3 Å². The second-order valence-corrected chi connectivity index (χ2v) is 4.05. The Morgan fingerprint density at radius 1 is 1.53 bits per heavy atom. The second kappa shape index (κ2) is 5.07. The highest BCUT2D eigenvalue weighted by molar-refractivity contribution is 5.41. The van der Waals surface area contributed by atoms with Gasteiger partial charge in [-0.3, -0.25) is 10.1 Å². The Hall–Kier alpha value is -2.41. The minimum atomic E-state index is -0.467. The van der Waals surface area contributed by atoms with Crippen LogP contribution in [0.15, 0.2) is 24.3 Å². The van der Waals surface area contributed by atoms with Gasteiger partial charge in [-0.25, -0.2) is 4.68 Å². The number of ether oxygens (including phenoxy) is 1. The summed E-state index contributed by atoms with van der Waals surface area (Å²) in [6.45, 7) is 2.13. The average molecular weight is 262 g/mol. The number of nitrogens with two attached hydrogens (primary N) is 1. The SMILES string of the molecule is Cc1nn(C)c(Oc2cccc([N+](=O)[O-])c2)c1CN. The molecule has 0 aliphatic heterocycles. The van der Waals surface area contributed by atoms with Gasteiger partial charge in [-0.05, 0) is 13.0 Å². The zero-order valence-electron chi connectivity index (χ0n) is 10.7. The minimum absolute atomic E-state index is 0.0225. The van der Waals surface area contributed by atoms with Gasteiger partial charge in [-0.15, -0.1) is 0 Å². The molecular weight excluding hydrogens is 248 g/mol. The predicted molar refractivity (Wildman–Crippen MR) is 69.0 cm³/mol. The lowest BCUT2D eigenvalue weighted by molar-refractivity contribution is -0.384. The van der Waals surface area contributed by atoms with Crippen molar-refractivity contribution in [2.75, 3.05) is 0 Å². The van der Waals surface area contributed by atoms with Crippen molar-refractivity contribution in [1.82, 2.24) is 9.78 Å². The summed E-state index contributed by atoms with van der Waals surface area (Å²) in [5.74, 6) is 0.882. The number of hydrogen-bond acceptors (Lipinski definition) is 5. The Morgan fingerprint density at radius 2 is 2.26 bits per heavy atom. The lowest BCUT2D eigenvalue weighted by Crippen LogP contribution is -2.01. The van der Waals surface area contributed by atoms with Crippen molar-refractivity contribution >= 4 is 5.69 Å². The molecule has 2 N–H and O–H groups in total. The number of nitro benzene ring substituents is 1. The van der Waals surface area contributed by atoms with Gasteiger partial charge in [0.2, 0.25) is 5.88 Å². The van der Waals surface area contributed by atoms with Gasteiger partial charge in [0.15, 0.2) is 0 Å². The molecule has 0 unspecified atom stereocenters. The highest BCUT2D eigenvalue weighted by Gasteiger charge is 2.15. The van der Waals surface area contributed by atoms with Gasteiger partial charge in [-0.2, -0.15) is 5.10 Å². The first-order valence-corrected chi connectivity index (χ1v) is 5.67. The van der Waals surface area contributed by atoms with Crippen molar-refractivity contribution in [1.29, 1.82) is 0 Å². The third-order valence-corrected chi connectivity index (χ3v) is 2.74. The van der Waals surface area contributed by atoms with Crippen molar-refractivity contribution in [3.8, 4) is 11.6 Å². The van der Waals surface area contributed by atoms with Crippen LogP contribution in [0, 0.1) is 17.0 Å². The maximum atomic E-state index is 10.7. The van der Waals surface area contributed by atoms with Crippen LogP contribution in [0.25, 0.3) is 0 Å². The molecule has 1 aromatic carbocycles. The maximum absolute atomic E-state index is 10.7. The summed E-state index contributed by atoms with van der Waals surface area (Å²) in [6, 6.07) is 5.99. The van der Waals surface area contributed by atoms with E-state index in [1.165, 1.54) is 12.1 Å². The molecule has 0 fully saturated rings. The fourth-order valence-corrected chi connectivity index (χ4v) is 1.82. The second-order valence-electron chi connectivity index (χ2n) is 4.05. The Morgan fingerprint density at radius 3 is 2.89 bits per heavy atom. The van der Waals surface area contributed by atoms with Crippen LogP contribution in [0.1, 0.15) is 11.3 Å². The average Bonchev–Trinajstić information content (AvgIpc) is 2.64. The van der Waals surface area contributed by atoms with Gasteiger partial charge in [0.25, 0.3) is 5.69 Å². The van der Waals surface area contributed by atoms with E-state index in [-0.39, 0.29) is 5.69 Å². The van der Waals surface area contributed by atoms with Crippen LogP contribution < -0.4 is 10.5 Å². The molecule has 0 radical (unpaired) electrons. The van der Waals surface area contributed by atoms with Crippen LogP contribution in [0.3, 0.4) is 0 Å². The molecular formula is C12H14N4O3. The van der Waals surface area contributed by atoms with Gasteiger partial charge >= 0.3 is 0 Å². The largest absolute Gasteiger partial charge is 0.439 e. The Balaban J connectivity index is 2.36. The van der Waals surface area contributed by atoms with Crippen LogP contribution in [-0.4, -0.2) is 14.7 Å². The zero-order chi connectivity index (χ0) is 14.0. The molecule has 1 aromatic heterocycles. The smallest absolute Gasteiger partial charge is 0.273 e. The third-order valence-electron chi connectivity index (χ3n) is 2.74. The van der Waals surface area contributed by atoms with Crippen molar-refractivity contribution in [2.24, 2.45) is 12.8 Å². The zero-order valence-corrected chi connectivity index (χ0v) is 10.7. The van der Waals surface area contributed by atoms with Gasteiger partial charge < -0.3 is 10.5 Å². The molecule has 0 spiro atoms. The third kappa shape index (κ3) is 2.55. The van der Waals surface area contributed by atoms with E-state index in [9.17, 15) is 10.1 Å². The van der Waals surface area contributed by atoms with Crippen LogP contribution in [0.2, 0.25) is 0 Å². The Labute approximate surface area is 109 Å². The molecule has 0 atom stereocenters. The molecule has 0 amide bonds. The molecule has 2 aromatic rings. The van der Waals surface area contributed by atoms with E-state index in [1.54, 1.807) is 23.9 Å². The fourth-order valence-electron chi connectivity index (χ4n) is 1.82. The number of aromatic nitrogens is 2. The normalized spacial score (nSPS) is 10.5. The first kappa shape index (κ1) is 13.0. The molecule has 1 heterocycles. The predicted octanol–water partition coefficient (Wildman–Crippen LogP) is 1.89. The molecule has 0 aliphatic rings. The van der Waals surface area contributed by atoms with Crippen molar-refractivity contribution in [3.05, 3.63) is 45.6 Å². The van der Waals surface area contributed by atoms with E-state index in [4.69, 9.17) is 10.5 Å². The fraction of sp³-hybridized carbons (Fsp3) is 0.250. The summed E-state index contributed by atoms with van der Waals surface area (Å²) in [5, 5.41) is 14.9. The molecule has 2 rings (SSSR count). The standard InChI is InChI=1S/C12H14N4O3/c1-8-11(7-13)12(15(2)14-8)19-10-5-3-4-9(6-10)16(17)18/h3-6H,7,13H2,1-2H3. The van der Waals surface area contributed by atoms with E-state index in [2.05, 4.69) is 5.10 Å². The van der Waals surface area contributed by atoms with E-state index in [1.807, 2.05) is 6.92 Å². The summed E-state index contributed by atoms with van der Waals surface area (Å²) < 4.78 is 7.22. The number of non-ortho nitro benzene ring substituents is 1. The van der Waals surface area contributed by atoms with Crippen molar-refractivity contribution in [3.63, 3.8) is 0 Å². The van der Waals surface area contributed by atoms with E-state index < -0.39 is 4.92 Å². The summed E-state index contributed by atoms with van der Waals surface area (Å²) in [6.07, 6.45) is 0. The molecule has 19 heavy (non-hydrogen) atoms. The number of rotatable bonds is 4. The number of nitro groups is 1. The van der Waals surface area contributed by atoms with Gasteiger partial charge in [0.1, 0.15) is 5.75 Å². The lowest BCUT2D eigenvalue weighted by Gasteiger charge is -2.07. The highest BCUT2D eigenvalue weighted by atomic mass is 16.6. The van der Waals surface area contributed by atoms with E-state index >= 15 is 0 Å². The molecule has 7 heteroatoms.